The van der Waals surface area contributed by atoms with Gasteiger partial charge in [-0.25, -0.2) is 9.97 Å². The molecule has 0 bridgehead atoms. The Balaban J connectivity index is 3.01. The number of thiol groups is 1. The minimum atomic E-state index is 0.226. The second-order valence-electron chi connectivity index (χ2n) is 1.89. The lowest BCUT2D eigenvalue weighted by molar-refractivity contribution is 1.18. The number of rotatable bonds is 0. The van der Waals surface area contributed by atoms with Crippen molar-refractivity contribution in [1.29, 1.82) is 0 Å². The van der Waals surface area contributed by atoms with E-state index >= 15 is 0 Å². The van der Waals surface area contributed by atoms with E-state index in [4.69, 9.17) is 17.3 Å². The van der Waals surface area contributed by atoms with E-state index in [0.29, 0.717) is 11.4 Å². The van der Waals surface area contributed by atoms with E-state index in [1.54, 1.807) is 0 Å². The van der Waals surface area contributed by atoms with Crippen molar-refractivity contribution in [3.63, 3.8) is 0 Å². The number of hydrogen-bond acceptors (Lipinski definition) is 4. The zero-order valence-corrected chi connectivity index (χ0v) is 7.73. The summed E-state index contributed by atoms with van der Waals surface area (Å²) in [6.45, 7) is 0. The highest BCUT2D eigenvalue weighted by atomic mass is 35.5. The predicted octanol–water partition coefficient (Wildman–Crippen LogP) is 0.994. The Hall–Kier alpha value is -0.920. The predicted molar refractivity (Wildman–Crippen MR) is 52.2 cm³/mol. The van der Waals surface area contributed by atoms with E-state index in [9.17, 15) is 0 Å². The number of halogens is 1. The first-order chi connectivity index (χ1) is 5.74. The molecule has 0 saturated carbocycles. The number of hydrogen-bond donors (Lipinski definition) is 2. The second-order valence-corrected chi connectivity index (χ2v) is 2.57. The van der Waals surface area contributed by atoms with Crippen molar-refractivity contribution in [1.82, 2.24) is 9.97 Å². The molecule has 62 valence electrons. The molecule has 0 aliphatic carbocycles. The van der Waals surface area contributed by atoms with Crippen molar-refractivity contribution in [3.05, 3.63) is 17.0 Å². The van der Waals surface area contributed by atoms with Gasteiger partial charge in [0, 0.05) is 0 Å². The van der Waals surface area contributed by atoms with E-state index in [1.165, 1.54) is 6.20 Å². The molecule has 1 heterocycles. The van der Waals surface area contributed by atoms with Gasteiger partial charge in [0.15, 0.2) is 10.8 Å². The van der Waals surface area contributed by atoms with Crippen LogP contribution in [0.5, 0.6) is 0 Å². The van der Waals surface area contributed by atoms with Gasteiger partial charge in [-0.15, -0.1) is 0 Å². The van der Waals surface area contributed by atoms with Gasteiger partial charge >= 0.3 is 0 Å². The highest BCUT2D eigenvalue weighted by Crippen LogP contribution is 2.09. The fourth-order valence-corrected chi connectivity index (χ4v) is 0.859. The molecule has 1 rings (SSSR count). The molecule has 5 heteroatoms. The highest BCUT2D eigenvalue weighted by Gasteiger charge is 1.99. The summed E-state index contributed by atoms with van der Waals surface area (Å²) < 4.78 is 0. The van der Waals surface area contributed by atoms with Gasteiger partial charge in [0.2, 0.25) is 0 Å². The lowest BCUT2D eigenvalue weighted by Gasteiger charge is -1.94. The topological polar surface area (TPSA) is 51.8 Å². The number of aromatic nitrogens is 2. The zero-order valence-electron chi connectivity index (χ0n) is 6.08. The van der Waals surface area contributed by atoms with E-state index in [2.05, 4.69) is 34.4 Å². The third-order valence-electron chi connectivity index (χ3n) is 1.03. The van der Waals surface area contributed by atoms with Crippen LogP contribution in [0.1, 0.15) is 5.69 Å². The molecule has 0 unspecified atom stereocenters. The van der Waals surface area contributed by atoms with Crippen LogP contribution in [0.4, 0.5) is 5.82 Å². The van der Waals surface area contributed by atoms with Gasteiger partial charge in [-0.3, -0.25) is 0 Å². The highest BCUT2D eigenvalue weighted by molar-refractivity contribution is 7.80. The summed E-state index contributed by atoms with van der Waals surface area (Å²) in [5.74, 6) is 6.16. The normalized spacial score (nSPS) is 8.83. The number of nitrogens with zero attached hydrogens (tertiary/aromatic N) is 2. The van der Waals surface area contributed by atoms with Crippen molar-refractivity contribution in [2.75, 3.05) is 11.5 Å². The summed E-state index contributed by atoms with van der Waals surface area (Å²) in [7, 11) is 0. The Kier molecular flexibility index (Phi) is 3.20. The molecule has 3 nitrogen and oxygen atoms in total. The van der Waals surface area contributed by atoms with Crippen LogP contribution >= 0.6 is 24.2 Å². The van der Waals surface area contributed by atoms with Crippen LogP contribution in [0.15, 0.2) is 6.20 Å². The van der Waals surface area contributed by atoms with Crippen LogP contribution in [0.3, 0.4) is 0 Å². The van der Waals surface area contributed by atoms with Gasteiger partial charge in [0.1, 0.15) is 5.82 Å². The summed E-state index contributed by atoms with van der Waals surface area (Å²) >= 11 is 9.60. The Labute approximate surface area is 80.8 Å². The first-order valence-corrected chi connectivity index (χ1v) is 4.13. The average Bonchev–Trinajstić information content (AvgIpc) is 2.03. The number of nitrogen functional groups attached to an aromatic ring is 1. The molecule has 1 aromatic heterocycles. The molecule has 0 spiro atoms. The van der Waals surface area contributed by atoms with Crippen LogP contribution in [-0.2, 0) is 0 Å². The fraction of sp³-hybridized carbons (Fsp3) is 0.143. The summed E-state index contributed by atoms with van der Waals surface area (Å²) in [6.07, 6.45) is 1.41. The quantitative estimate of drug-likeness (QED) is 0.484. The maximum atomic E-state index is 5.68. The molecule has 0 aliphatic heterocycles. The smallest absolute Gasteiger partial charge is 0.165 e. The van der Waals surface area contributed by atoms with Crippen LogP contribution in [0.25, 0.3) is 0 Å². The maximum absolute atomic E-state index is 5.68. The molecule has 0 fully saturated rings. The van der Waals surface area contributed by atoms with Crippen LogP contribution < -0.4 is 5.73 Å². The summed E-state index contributed by atoms with van der Waals surface area (Å²) in [4.78, 5) is 7.67. The summed E-state index contributed by atoms with van der Waals surface area (Å²) in [5, 5.41) is 0.226. The van der Waals surface area contributed by atoms with Crippen molar-refractivity contribution in [2.45, 2.75) is 0 Å². The van der Waals surface area contributed by atoms with E-state index in [-0.39, 0.29) is 11.0 Å². The second kappa shape index (κ2) is 4.19. The molecule has 0 aromatic carbocycles. The third-order valence-corrected chi connectivity index (χ3v) is 1.46. The van der Waals surface area contributed by atoms with Crippen LogP contribution in [0.2, 0.25) is 5.15 Å². The molecule has 0 aliphatic rings. The minimum absolute atomic E-state index is 0.226. The van der Waals surface area contributed by atoms with Gasteiger partial charge in [-0.05, 0) is 5.92 Å². The van der Waals surface area contributed by atoms with Gasteiger partial charge in [-0.2, -0.15) is 12.6 Å². The lowest BCUT2D eigenvalue weighted by Crippen LogP contribution is -1.94. The Morgan fingerprint density at radius 3 is 3.00 bits per heavy atom. The maximum Gasteiger partial charge on any atom is 0.165 e. The van der Waals surface area contributed by atoms with Crippen LogP contribution in [0, 0.1) is 11.8 Å². The summed E-state index contributed by atoms with van der Waals surface area (Å²) in [6, 6.07) is 0. The molecule has 2 N–H and O–H groups in total. The van der Waals surface area contributed by atoms with E-state index in [0.717, 1.165) is 0 Å². The average molecular weight is 200 g/mol. The third kappa shape index (κ3) is 2.29. The summed E-state index contributed by atoms with van der Waals surface area (Å²) in [5.41, 5.74) is 5.77. The van der Waals surface area contributed by atoms with Crippen LogP contribution in [-0.4, -0.2) is 15.7 Å². The van der Waals surface area contributed by atoms with Gasteiger partial charge in [0.25, 0.3) is 0 Å². The zero-order chi connectivity index (χ0) is 8.97. The number of anilines is 1. The largest absolute Gasteiger partial charge is 0.382 e. The molecule has 0 saturated heterocycles. The Bertz CT molecular complexity index is 342. The standard InChI is InChI=1S/C7H6ClN3S/c8-7-5(2-1-3-12)10-4-6(9)11-7/h4,12H,3H2,(H2,9,11). The first-order valence-electron chi connectivity index (χ1n) is 3.12. The first kappa shape index (κ1) is 9.17. The van der Waals surface area contributed by atoms with E-state index in [1.807, 2.05) is 0 Å². The molecular formula is C7H6ClN3S. The molecule has 12 heavy (non-hydrogen) atoms. The molecule has 1 aromatic rings. The SMILES string of the molecule is Nc1cnc(C#CCS)c(Cl)n1. The lowest BCUT2D eigenvalue weighted by atomic mass is 10.4. The minimum Gasteiger partial charge on any atom is -0.382 e. The molecule has 0 amide bonds. The Morgan fingerprint density at radius 2 is 2.42 bits per heavy atom. The monoisotopic (exact) mass is 199 g/mol. The fourth-order valence-electron chi connectivity index (χ4n) is 0.586. The van der Waals surface area contributed by atoms with Crippen molar-refractivity contribution >= 4 is 30.0 Å². The molecular weight excluding hydrogens is 194 g/mol. The van der Waals surface area contributed by atoms with Gasteiger partial charge in [-0.1, -0.05) is 17.5 Å². The van der Waals surface area contributed by atoms with Gasteiger partial charge in [0.05, 0.1) is 11.9 Å². The van der Waals surface area contributed by atoms with Crippen molar-refractivity contribution in [2.24, 2.45) is 0 Å². The van der Waals surface area contributed by atoms with Gasteiger partial charge < -0.3 is 5.73 Å². The Morgan fingerprint density at radius 1 is 1.67 bits per heavy atom. The molecule has 0 radical (unpaired) electrons. The van der Waals surface area contributed by atoms with Crippen molar-refractivity contribution < 1.29 is 0 Å². The molecule has 0 atom stereocenters. The van der Waals surface area contributed by atoms with E-state index < -0.39 is 0 Å². The van der Waals surface area contributed by atoms with Crippen molar-refractivity contribution in [3.8, 4) is 11.8 Å². The number of nitrogens with two attached hydrogens (primary N) is 1.